The van der Waals surface area contributed by atoms with Gasteiger partial charge in [-0.3, -0.25) is 28.1 Å². The van der Waals surface area contributed by atoms with Crippen LogP contribution in [0.2, 0.25) is 0 Å². The normalized spacial score (nSPS) is 19.2. The summed E-state index contributed by atoms with van der Waals surface area (Å²) in [5, 5.41) is 26.6. The van der Waals surface area contributed by atoms with Gasteiger partial charge in [-0.25, -0.2) is 19.3 Å². The Balaban J connectivity index is 1.17. The van der Waals surface area contributed by atoms with E-state index in [1.165, 1.54) is 78.1 Å². The van der Waals surface area contributed by atoms with Crippen LogP contribution in [-0.2, 0) is 50.7 Å². The zero-order valence-electron chi connectivity index (χ0n) is 46.8. The Morgan fingerprint density at radius 1 is 0.765 bits per heavy atom. The lowest BCUT2D eigenvalue weighted by molar-refractivity contribution is -0.347. The van der Waals surface area contributed by atoms with Gasteiger partial charge in [0.05, 0.1) is 27.4 Å². The Hall–Kier alpha value is -3.74. The van der Waals surface area contributed by atoms with E-state index in [0.29, 0.717) is 12.2 Å². The number of aliphatic hydroxyl groups is 2. The van der Waals surface area contributed by atoms with Crippen molar-refractivity contribution >= 4 is 69.1 Å². The van der Waals surface area contributed by atoms with Crippen LogP contribution >= 0.6 is 35.2 Å². The highest BCUT2D eigenvalue weighted by Crippen LogP contribution is 2.56. The molecule has 0 saturated carbocycles. The molecule has 1 saturated heterocycles. The molecule has 28 heteroatoms. The third kappa shape index (κ3) is 30.6. The van der Waals surface area contributed by atoms with E-state index in [0.717, 1.165) is 86.8 Å². The first-order chi connectivity index (χ1) is 38.6. The van der Waals surface area contributed by atoms with E-state index in [4.69, 9.17) is 10.5 Å². The first kappa shape index (κ1) is 71.5. The number of phosphoric ester groups is 3. The number of anilines is 1. The lowest BCUT2D eigenvalue weighted by Crippen LogP contribution is -2.46. The van der Waals surface area contributed by atoms with Gasteiger partial charge in [0.1, 0.15) is 36.3 Å². The van der Waals surface area contributed by atoms with Crippen molar-refractivity contribution < 1.29 is 80.5 Å². The molecule has 7 atom stereocenters. The number of hydrogen-bond donors (Lipinski definition) is 5. The van der Waals surface area contributed by atoms with Gasteiger partial charge in [0.15, 0.2) is 22.8 Å². The van der Waals surface area contributed by atoms with Crippen LogP contribution in [0.4, 0.5) is 5.82 Å². The van der Waals surface area contributed by atoms with Gasteiger partial charge in [-0.2, -0.15) is 0 Å². The minimum Gasteiger partial charge on any atom is -0.790 e. The summed E-state index contributed by atoms with van der Waals surface area (Å²) in [5.41, 5.74) is 4.10. The summed E-state index contributed by atoms with van der Waals surface area (Å²) in [6.45, 7) is 2.39. The number of carbonyl (C=O) groups is 3. The molecule has 0 aliphatic carbocycles. The van der Waals surface area contributed by atoms with Crippen LogP contribution in [0.1, 0.15) is 162 Å². The van der Waals surface area contributed by atoms with Gasteiger partial charge in [-0.05, 0) is 57.8 Å². The Labute approximate surface area is 480 Å². The fraction of sp³-hybridized carbons (Fsp3) is 0.660. The fourth-order valence-corrected chi connectivity index (χ4v) is 11.6. The third-order valence-corrected chi connectivity index (χ3v) is 16.6. The van der Waals surface area contributed by atoms with Crippen molar-refractivity contribution in [3.8, 4) is 0 Å². The number of nitrogens with two attached hydrogens (primary N) is 1. The van der Waals surface area contributed by atoms with Crippen LogP contribution < -0.4 is 35.9 Å². The fourth-order valence-electron chi connectivity index (χ4n) is 8.12. The summed E-state index contributed by atoms with van der Waals surface area (Å²) in [5.74, 6) is -1.15. The number of imidazole rings is 1. The largest absolute Gasteiger partial charge is 0.790 e. The number of ether oxygens (including phenoxy) is 1. The molecule has 0 spiro atoms. The third-order valence-electron chi connectivity index (χ3n) is 12.6. The van der Waals surface area contributed by atoms with Gasteiger partial charge in [-0.1, -0.05) is 158 Å². The topological polar surface area (TPSA) is 375 Å². The van der Waals surface area contributed by atoms with Crippen LogP contribution in [-0.4, -0.2) is 103 Å². The summed E-state index contributed by atoms with van der Waals surface area (Å²) >= 11 is 1.14. The summed E-state index contributed by atoms with van der Waals surface area (Å²) in [4.78, 5) is 97.2. The van der Waals surface area contributed by atoms with Crippen molar-refractivity contribution in [3.63, 3.8) is 0 Å². The molecule has 458 valence electrons. The number of nitrogens with one attached hydrogen (secondary N) is 2. The van der Waals surface area contributed by atoms with Crippen LogP contribution in [0.15, 0.2) is 73.4 Å². The molecule has 1 aliphatic heterocycles. The molecule has 2 unspecified atom stereocenters. The Bertz CT molecular complexity index is 2490. The van der Waals surface area contributed by atoms with E-state index < -0.39 is 84.6 Å². The van der Waals surface area contributed by atoms with E-state index in [2.05, 4.69) is 111 Å². The van der Waals surface area contributed by atoms with Crippen molar-refractivity contribution in [2.24, 2.45) is 5.41 Å². The maximum Gasteiger partial charge on any atom is 0.274 e. The summed E-state index contributed by atoms with van der Waals surface area (Å²) in [7, 11) is -17.6. The Morgan fingerprint density at radius 2 is 1.31 bits per heavy atom. The van der Waals surface area contributed by atoms with Crippen molar-refractivity contribution in [2.75, 3.05) is 37.8 Å². The molecule has 0 radical (unpaired) electrons. The average Bonchev–Trinajstić information content (AvgIpc) is 4.11. The number of nitrogen functional groups attached to an aromatic ring is 1. The molecule has 81 heavy (non-hydrogen) atoms. The molecule has 2 aromatic rings. The number of amides is 2. The second kappa shape index (κ2) is 39.0. The number of carbonyl (C=O) groups excluding carboxylic acids is 3. The van der Waals surface area contributed by atoms with Crippen molar-refractivity contribution in [1.82, 2.24) is 30.2 Å². The minimum atomic E-state index is -5.93. The van der Waals surface area contributed by atoms with Gasteiger partial charge < -0.3 is 69.0 Å². The molecule has 1 aliphatic rings. The lowest BCUT2D eigenvalue weighted by atomic mass is 9.87. The number of rotatable bonds is 44. The second-order valence-electron chi connectivity index (χ2n) is 20.1. The molecule has 0 aromatic carbocycles. The van der Waals surface area contributed by atoms with E-state index in [9.17, 15) is 57.9 Å². The minimum absolute atomic E-state index is 0.0194. The number of nitrogens with zero attached hydrogens (tertiary/aromatic N) is 4. The van der Waals surface area contributed by atoms with Crippen molar-refractivity contribution in [3.05, 3.63) is 73.4 Å². The van der Waals surface area contributed by atoms with Crippen LogP contribution in [0.25, 0.3) is 11.2 Å². The van der Waals surface area contributed by atoms with Gasteiger partial charge in [0.2, 0.25) is 11.8 Å². The smallest absolute Gasteiger partial charge is 0.274 e. The molecule has 3 heterocycles. The highest BCUT2D eigenvalue weighted by Gasteiger charge is 2.47. The molecule has 2 aromatic heterocycles. The number of phosphoric acid groups is 3. The number of allylic oxidation sites excluding steroid dienone is 10. The standard InChI is InChI=1S/C53H88N7O17P3S/c1-4-5-6-7-8-9-10-11-12-13-14-15-16-17-18-19-20-21-22-23-24-25-26-27-28-29-30-31-32-33-44(62)81-37-36-55-43(61)34-35-56-51(65)48(64)53(2,3)39-74-80(71,72)77-79(69,70)73-38-42-47(76-78(66,67)68)46(63)52(75-42)60-41-59-45-49(54)57-40-58-50(45)60/h8-9,11-12,14-15,17-18,20-21,40-42,46-48,52,63-64H,4-7,10,13,16,19,22-39H2,1-3H3,(H,55,61)(H,56,65)(H,69,70)(H,71,72)(H2,54,57,58)(H2,66,67,68)/p-4/b9-8-,12-11-,15-14-,18-17-,21-20-/t42-,46-,47-,48+,52-/m1/s1. The molecule has 2 amide bonds. The SMILES string of the molecule is CCCCC/C=C\C/C=C\C/C=C\C/C=C\C/C=C\CCCCCCCCCCCCC(=O)SCCNC(=O)CCNC(=O)[C@H](O)C(C)(C)COP(=O)([O-])OP(=O)([O-])OC[C@H]1O[C@@H](n2cnc3c(N)ncnc32)[C@H](O)[C@@H]1OP(=O)([O-])[O-]. The summed E-state index contributed by atoms with van der Waals surface area (Å²) in [6, 6.07) is 0. The molecule has 24 nitrogen and oxygen atoms in total. The maximum atomic E-state index is 12.7. The molecular formula is C53H84N7O17P3S-4. The number of aromatic nitrogens is 4. The number of aliphatic hydroxyl groups excluding tert-OH is 2. The highest BCUT2D eigenvalue weighted by molar-refractivity contribution is 8.13. The number of hydrogen-bond acceptors (Lipinski definition) is 22. The van der Waals surface area contributed by atoms with E-state index >= 15 is 0 Å². The van der Waals surface area contributed by atoms with Crippen LogP contribution in [0.3, 0.4) is 0 Å². The zero-order chi connectivity index (χ0) is 59.6. The Morgan fingerprint density at radius 3 is 1.89 bits per heavy atom. The summed E-state index contributed by atoms with van der Waals surface area (Å²) in [6.07, 6.45) is 37.0. The first-order valence-corrected chi connectivity index (χ1v) is 33.1. The number of fused-ring (bicyclic) bond motifs is 1. The van der Waals surface area contributed by atoms with Gasteiger partial charge in [0.25, 0.3) is 15.6 Å². The van der Waals surface area contributed by atoms with Crippen molar-refractivity contribution in [2.45, 2.75) is 186 Å². The van der Waals surface area contributed by atoms with Crippen LogP contribution in [0, 0.1) is 5.41 Å². The van der Waals surface area contributed by atoms with Gasteiger partial charge >= 0.3 is 0 Å². The zero-order valence-corrected chi connectivity index (χ0v) is 50.3. The summed E-state index contributed by atoms with van der Waals surface area (Å²) < 4.78 is 61.0. The molecular weight excluding hydrogens is 1130 g/mol. The van der Waals surface area contributed by atoms with E-state index in [-0.39, 0.29) is 41.6 Å². The van der Waals surface area contributed by atoms with Crippen molar-refractivity contribution in [1.29, 1.82) is 0 Å². The molecule has 6 N–H and O–H groups in total. The van der Waals surface area contributed by atoms with Gasteiger partial charge in [-0.15, -0.1) is 0 Å². The van der Waals surface area contributed by atoms with Crippen LogP contribution in [0.5, 0.6) is 0 Å². The molecule has 0 bridgehead atoms. The van der Waals surface area contributed by atoms with Gasteiger partial charge in [0, 0.05) is 37.1 Å². The highest BCUT2D eigenvalue weighted by atomic mass is 32.2. The predicted molar refractivity (Wildman–Crippen MR) is 302 cm³/mol. The first-order valence-electron chi connectivity index (χ1n) is 27.8. The monoisotopic (exact) mass is 1220 g/mol. The van der Waals surface area contributed by atoms with E-state index in [1.807, 2.05) is 0 Å². The predicted octanol–water partition coefficient (Wildman–Crippen LogP) is 6.74. The number of thioether (sulfide) groups is 1. The second-order valence-corrected chi connectivity index (χ2v) is 25.3. The Kier molecular flexibility index (Phi) is 34.4. The maximum absolute atomic E-state index is 12.7. The quantitative estimate of drug-likeness (QED) is 0.0260. The number of unbranched alkanes of at least 4 members (excludes halogenated alkanes) is 13. The molecule has 1 fully saturated rings. The lowest BCUT2D eigenvalue weighted by Gasteiger charge is -2.36. The average molecular weight is 1220 g/mol. The molecule has 3 rings (SSSR count). The van der Waals surface area contributed by atoms with E-state index in [1.54, 1.807) is 0 Å².